The quantitative estimate of drug-likeness (QED) is 0.464. The number of carbonyl (C=O) groups is 1. The third kappa shape index (κ3) is 2.74. The van der Waals surface area contributed by atoms with Crippen molar-refractivity contribution in [1.82, 2.24) is 0 Å². The van der Waals surface area contributed by atoms with Crippen LogP contribution in [-0.2, 0) is 0 Å². The van der Waals surface area contributed by atoms with Crippen molar-refractivity contribution < 1.29 is 23.2 Å². The molecule has 7 heteroatoms. The molecule has 5 nitrogen and oxygen atoms in total. The van der Waals surface area contributed by atoms with Crippen LogP contribution in [0.5, 0.6) is 5.75 Å². The highest BCUT2D eigenvalue weighted by Gasteiger charge is 2.27. The number of ether oxygens (including phenoxy) is 1. The number of aryl methyl sites for hydroxylation is 1. The van der Waals surface area contributed by atoms with Gasteiger partial charge in [0.1, 0.15) is 0 Å². The van der Waals surface area contributed by atoms with Gasteiger partial charge in [-0.15, -0.1) is 0 Å². The predicted molar refractivity (Wildman–Crippen MR) is 54.5 cm³/mol. The summed E-state index contributed by atoms with van der Waals surface area (Å²) in [6, 6.07) is 2.54. The second kappa shape index (κ2) is 4.86. The van der Waals surface area contributed by atoms with Crippen LogP contribution in [0, 0.1) is 17.0 Å². The Morgan fingerprint density at radius 1 is 1.47 bits per heavy atom. The topological polar surface area (TPSA) is 69.4 Å². The Balaban J connectivity index is 3.48. The lowest BCUT2D eigenvalue weighted by molar-refractivity contribution is -0.386. The highest BCUT2D eigenvalue weighted by molar-refractivity contribution is 5.99. The number of nitro groups is 1. The summed E-state index contributed by atoms with van der Waals surface area (Å²) in [6.07, 6.45) is 0. The number of rotatable bonds is 4. The summed E-state index contributed by atoms with van der Waals surface area (Å²) in [6.45, 7) is -0.687. The fourth-order valence-electron chi connectivity index (χ4n) is 1.38. The second-order valence-corrected chi connectivity index (χ2v) is 3.30. The Labute approximate surface area is 95.2 Å². The van der Waals surface area contributed by atoms with E-state index in [4.69, 9.17) is 0 Å². The minimum Gasteiger partial charge on any atom is -0.427 e. The molecular weight excluding hydrogens is 236 g/mol. The fourth-order valence-corrected chi connectivity index (χ4v) is 1.38. The summed E-state index contributed by atoms with van der Waals surface area (Å²) in [4.78, 5) is 21.1. The van der Waals surface area contributed by atoms with Crippen LogP contribution in [0.15, 0.2) is 12.1 Å². The van der Waals surface area contributed by atoms with Crippen LogP contribution in [0.4, 0.5) is 14.5 Å². The third-order valence-electron chi connectivity index (χ3n) is 2.10. The summed E-state index contributed by atoms with van der Waals surface area (Å²) in [5.41, 5.74) is -0.809. The molecule has 0 fully saturated rings. The predicted octanol–water partition coefficient (Wildman–Crippen LogP) is 2.71. The first kappa shape index (κ1) is 13.0. The molecule has 1 rings (SSSR count). The smallest absolute Gasteiger partial charge is 0.387 e. The van der Waals surface area contributed by atoms with Crippen molar-refractivity contribution in [2.45, 2.75) is 20.5 Å². The molecular formula is C10H9F2NO4. The van der Waals surface area contributed by atoms with Crippen molar-refractivity contribution in [3.63, 3.8) is 0 Å². The van der Waals surface area contributed by atoms with E-state index in [0.29, 0.717) is 0 Å². The van der Waals surface area contributed by atoms with Crippen molar-refractivity contribution in [2.24, 2.45) is 0 Å². The van der Waals surface area contributed by atoms with Gasteiger partial charge in [-0.05, 0) is 25.5 Å². The highest BCUT2D eigenvalue weighted by Crippen LogP contribution is 2.35. The first-order valence-electron chi connectivity index (χ1n) is 4.58. The van der Waals surface area contributed by atoms with Crippen molar-refractivity contribution in [1.29, 1.82) is 0 Å². The van der Waals surface area contributed by atoms with Gasteiger partial charge < -0.3 is 4.74 Å². The van der Waals surface area contributed by atoms with E-state index in [0.717, 1.165) is 6.92 Å². The third-order valence-corrected chi connectivity index (χ3v) is 2.10. The van der Waals surface area contributed by atoms with Crippen LogP contribution < -0.4 is 4.74 Å². The van der Waals surface area contributed by atoms with E-state index < -0.39 is 28.8 Å². The van der Waals surface area contributed by atoms with E-state index in [9.17, 15) is 23.7 Å². The molecule has 0 aromatic heterocycles. The molecule has 0 aliphatic heterocycles. The molecule has 0 N–H and O–H groups in total. The number of Topliss-reactive ketones (excluding diaryl/α,β-unsaturated/α-hetero) is 1. The standard InChI is InChI=1S/C10H9F2NO4/c1-5-3-4-7(6(2)14)8(13(15)16)9(5)17-10(11)12/h3-4,10H,1-2H3. The Morgan fingerprint density at radius 3 is 2.47 bits per heavy atom. The summed E-state index contributed by atoms with van der Waals surface area (Å²) >= 11 is 0. The summed E-state index contributed by atoms with van der Waals surface area (Å²) < 4.78 is 28.4. The number of halogens is 2. The second-order valence-electron chi connectivity index (χ2n) is 3.30. The van der Waals surface area contributed by atoms with Crippen LogP contribution in [0.1, 0.15) is 22.8 Å². The molecule has 92 valence electrons. The molecule has 1 aromatic rings. The lowest BCUT2D eigenvalue weighted by Gasteiger charge is -2.10. The zero-order valence-electron chi connectivity index (χ0n) is 9.07. The van der Waals surface area contributed by atoms with Crippen molar-refractivity contribution >= 4 is 11.5 Å². The van der Waals surface area contributed by atoms with Gasteiger partial charge in [0.2, 0.25) is 5.75 Å². The average molecular weight is 245 g/mol. The first-order valence-corrected chi connectivity index (χ1v) is 4.58. The van der Waals surface area contributed by atoms with E-state index in [1.165, 1.54) is 19.1 Å². The number of hydrogen-bond donors (Lipinski definition) is 0. The van der Waals surface area contributed by atoms with Gasteiger partial charge in [-0.3, -0.25) is 14.9 Å². The lowest BCUT2D eigenvalue weighted by Crippen LogP contribution is -2.09. The largest absolute Gasteiger partial charge is 0.427 e. The molecule has 0 aliphatic carbocycles. The Bertz CT molecular complexity index is 474. The van der Waals surface area contributed by atoms with Crippen molar-refractivity contribution in [3.05, 3.63) is 33.4 Å². The first-order chi connectivity index (χ1) is 7.84. The maximum atomic E-state index is 12.1. The molecule has 0 atom stereocenters. The zero-order chi connectivity index (χ0) is 13.2. The monoisotopic (exact) mass is 245 g/mol. The molecule has 0 saturated carbocycles. The normalized spacial score (nSPS) is 10.4. The fraction of sp³-hybridized carbons (Fsp3) is 0.300. The number of ketones is 1. The van der Waals surface area contributed by atoms with E-state index in [1.54, 1.807) is 0 Å². The summed E-state index contributed by atoms with van der Waals surface area (Å²) in [7, 11) is 0. The van der Waals surface area contributed by atoms with Crippen molar-refractivity contribution in [3.8, 4) is 5.75 Å². The van der Waals surface area contributed by atoms with Gasteiger partial charge in [-0.1, -0.05) is 6.07 Å². The van der Waals surface area contributed by atoms with Gasteiger partial charge in [0.15, 0.2) is 5.78 Å². The summed E-state index contributed by atoms with van der Waals surface area (Å²) in [5, 5.41) is 10.8. The number of hydrogen-bond acceptors (Lipinski definition) is 4. The number of alkyl halides is 2. The molecule has 0 saturated heterocycles. The zero-order valence-corrected chi connectivity index (χ0v) is 9.07. The van der Waals surface area contributed by atoms with Gasteiger partial charge in [0.25, 0.3) is 0 Å². The van der Waals surface area contributed by atoms with E-state index in [-0.39, 0.29) is 11.1 Å². The molecule has 0 aliphatic rings. The van der Waals surface area contributed by atoms with Gasteiger partial charge in [0, 0.05) is 0 Å². The van der Waals surface area contributed by atoms with Crippen LogP contribution in [-0.4, -0.2) is 17.3 Å². The highest BCUT2D eigenvalue weighted by atomic mass is 19.3. The lowest BCUT2D eigenvalue weighted by atomic mass is 10.1. The van der Waals surface area contributed by atoms with E-state index >= 15 is 0 Å². The average Bonchev–Trinajstić information content (AvgIpc) is 2.19. The Morgan fingerprint density at radius 2 is 2.06 bits per heavy atom. The van der Waals surface area contributed by atoms with Gasteiger partial charge >= 0.3 is 12.3 Å². The number of benzene rings is 1. The van der Waals surface area contributed by atoms with Crippen LogP contribution in [0.3, 0.4) is 0 Å². The molecule has 0 radical (unpaired) electrons. The maximum Gasteiger partial charge on any atom is 0.387 e. The minimum atomic E-state index is -3.19. The van der Waals surface area contributed by atoms with Crippen LogP contribution in [0.2, 0.25) is 0 Å². The Kier molecular flexibility index (Phi) is 3.72. The molecule has 0 spiro atoms. The SMILES string of the molecule is CC(=O)c1ccc(C)c(OC(F)F)c1[N+](=O)[O-]. The number of nitrogens with zero attached hydrogens (tertiary/aromatic N) is 1. The maximum absolute atomic E-state index is 12.1. The van der Waals surface area contributed by atoms with Crippen LogP contribution in [0.25, 0.3) is 0 Å². The molecule has 0 unspecified atom stereocenters. The summed E-state index contributed by atoms with van der Waals surface area (Å²) in [5.74, 6) is -1.16. The van der Waals surface area contributed by atoms with Crippen LogP contribution >= 0.6 is 0 Å². The van der Waals surface area contributed by atoms with Gasteiger partial charge in [-0.2, -0.15) is 8.78 Å². The van der Waals surface area contributed by atoms with Gasteiger partial charge in [0.05, 0.1) is 10.5 Å². The van der Waals surface area contributed by atoms with E-state index in [2.05, 4.69) is 4.74 Å². The van der Waals surface area contributed by atoms with E-state index in [1.807, 2.05) is 0 Å². The minimum absolute atomic E-state index is 0.169. The molecule has 0 amide bonds. The number of carbonyl (C=O) groups excluding carboxylic acids is 1. The number of nitro benzene ring substituents is 1. The molecule has 1 aromatic carbocycles. The molecule has 0 heterocycles. The Hall–Kier alpha value is -2.05. The molecule has 0 bridgehead atoms. The van der Waals surface area contributed by atoms with Crippen molar-refractivity contribution in [2.75, 3.05) is 0 Å². The molecule has 17 heavy (non-hydrogen) atoms. The van der Waals surface area contributed by atoms with Gasteiger partial charge in [-0.25, -0.2) is 0 Å².